The molecule has 1 aliphatic carbocycles. The van der Waals surface area contributed by atoms with Crippen molar-refractivity contribution in [1.29, 1.82) is 0 Å². The van der Waals surface area contributed by atoms with E-state index in [0.29, 0.717) is 5.82 Å². The van der Waals surface area contributed by atoms with Crippen LogP contribution in [0.5, 0.6) is 0 Å². The van der Waals surface area contributed by atoms with Gasteiger partial charge in [-0.2, -0.15) is 0 Å². The molecule has 2 N–H and O–H groups in total. The van der Waals surface area contributed by atoms with Crippen molar-refractivity contribution in [2.75, 3.05) is 6.61 Å². The van der Waals surface area contributed by atoms with Gasteiger partial charge in [-0.15, -0.1) is 0 Å². The van der Waals surface area contributed by atoms with Crippen molar-refractivity contribution >= 4 is 5.91 Å². The van der Waals surface area contributed by atoms with Crippen LogP contribution in [0.3, 0.4) is 0 Å². The second kappa shape index (κ2) is 8.99. The van der Waals surface area contributed by atoms with Gasteiger partial charge in [0.05, 0.1) is 0 Å². The van der Waals surface area contributed by atoms with Crippen LogP contribution in [0.25, 0.3) is 5.82 Å². The molecule has 7 nitrogen and oxygen atoms in total. The van der Waals surface area contributed by atoms with Crippen LogP contribution in [-0.2, 0) is 0 Å². The van der Waals surface area contributed by atoms with Crippen LogP contribution >= 0.6 is 0 Å². The molecule has 0 radical (unpaired) electrons. The number of aliphatic hydroxyl groups excluding tert-OH is 1. The first-order chi connectivity index (χ1) is 11.2. The first-order valence-electron chi connectivity index (χ1n) is 7.97. The Kier molecular flexibility index (Phi) is 6.68. The lowest BCUT2D eigenvalue weighted by Crippen LogP contribution is -2.37. The van der Waals surface area contributed by atoms with E-state index in [9.17, 15) is 4.79 Å². The van der Waals surface area contributed by atoms with Gasteiger partial charge in [-0.3, -0.25) is 9.36 Å². The highest BCUT2D eigenvalue weighted by Crippen LogP contribution is 2.17. The molecular weight excluding hydrogens is 294 g/mol. The summed E-state index contributed by atoms with van der Waals surface area (Å²) in [6.07, 6.45) is 12.4. The summed E-state index contributed by atoms with van der Waals surface area (Å²) < 4.78 is 1.75. The normalized spacial score (nSPS) is 14.7. The molecular formula is C16H25N5O2. The van der Waals surface area contributed by atoms with E-state index in [1.807, 2.05) is 0 Å². The van der Waals surface area contributed by atoms with Crippen LogP contribution in [0.1, 0.15) is 51.1 Å². The summed E-state index contributed by atoms with van der Waals surface area (Å²) in [4.78, 5) is 24.5. The number of amides is 1. The minimum absolute atomic E-state index is 0. The molecule has 0 spiro atoms. The van der Waals surface area contributed by atoms with Crippen LogP contribution in [0, 0.1) is 0 Å². The SMILES string of the molecule is CCO.O=C(NC1CCCCC1)c1nccc(-n2ccnc2)n1.[HH]. The van der Waals surface area contributed by atoms with E-state index in [1.165, 1.54) is 19.3 Å². The van der Waals surface area contributed by atoms with Crippen molar-refractivity contribution in [3.05, 3.63) is 36.8 Å². The van der Waals surface area contributed by atoms with Crippen LogP contribution in [-0.4, -0.2) is 43.2 Å². The van der Waals surface area contributed by atoms with Crippen molar-refractivity contribution < 1.29 is 11.3 Å². The fourth-order valence-corrected chi connectivity index (χ4v) is 2.49. The van der Waals surface area contributed by atoms with Crippen molar-refractivity contribution in [3.63, 3.8) is 0 Å². The van der Waals surface area contributed by atoms with Gasteiger partial charge in [-0.25, -0.2) is 15.0 Å². The third kappa shape index (κ3) is 5.14. The zero-order valence-corrected chi connectivity index (χ0v) is 13.4. The third-order valence-corrected chi connectivity index (χ3v) is 3.55. The van der Waals surface area contributed by atoms with Crippen LogP contribution < -0.4 is 5.32 Å². The summed E-state index contributed by atoms with van der Waals surface area (Å²) in [7, 11) is 0. The average Bonchev–Trinajstić information content (AvgIpc) is 3.11. The van der Waals surface area contributed by atoms with Gasteiger partial charge in [0.1, 0.15) is 12.1 Å². The van der Waals surface area contributed by atoms with E-state index in [1.54, 1.807) is 42.5 Å². The molecule has 1 aliphatic rings. The van der Waals surface area contributed by atoms with Crippen molar-refractivity contribution in [1.82, 2.24) is 24.8 Å². The summed E-state index contributed by atoms with van der Waals surface area (Å²) in [5.41, 5.74) is 0. The summed E-state index contributed by atoms with van der Waals surface area (Å²) in [6.45, 7) is 1.93. The number of hydrogen-bond acceptors (Lipinski definition) is 5. The molecule has 0 aromatic carbocycles. The number of carbonyl (C=O) groups is 1. The molecule has 1 saturated carbocycles. The maximum Gasteiger partial charge on any atom is 0.289 e. The number of nitrogens with zero attached hydrogens (tertiary/aromatic N) is 4. The first kappa shape index (κ1) is 17.1. The third-order valence-electron chi connectivity index (χ3n) is 3.55. The number of imidazole rings is 1. The van der Waals surface area contributed by atoms with Gasteiger partial charge >= 0.3 is 0 Å². The minimum Gasteiger partial charge on any atom is -0.397 e. The van der Waals surface area contributed by atoms with E-state index >= 15 is 0 Å². The molecule has 1 fully saturated rings. The Bertz CT molecular complexity index is 600. The smallest absolute Gasteiger partial charge is 0.289 e. The lowest BCUT2D eigenvalue weighted by molar-refractivity contribution is 0.0917. The maximum atomic E-state index is 12.2. The number of aromatic nitrogens is 4. The molecule has 23 heavy (non-hydrogen) atoms. The summed E-state index contributed by atoms with van der Waals surface area (Å²) in [5, 5.41) is 10.6. The Morgan fingerprint density at radius 3 is 2.78 bits per heavy atom. The standard InChI is InChI=1S/C14H17N5O.C2H6O.H2/c20-14(17-11-4-2-1-3-5-11)13-16-7-6-12(18-13)19-9-8-15-10-19;1-2-3;/h6-11H,1-5H2,(H,17,20);3H,2H2,1H3;1H. The molecule has 2 aromatic rings. The molecule has 126 valence electrons. The van der Waals surface area contributed by atoms with Gasteiger partial charge in [0.15, 0.2) is 0 Å². The molecule has 3 rings (SSSR count). The van der Waals surface area contributed by atoms with Gasteiger partial charge in [0, 0.05) is 32.7 Å². The second-order valence-corrected chi connectivity index (χ2v) is 5.33. The van der Waals surface area contributed by atoms with E-state index in [0.717, 1.165) is 12.8 Å². The monoisotopic (exact) mass is 319 g/mol. The Labute approximate surface area is 137 Å². The molecule has 0 aliphatic heterocycles. The summed E-state index contributed by atoms with van der Waals surface area (Å²) in [6, 6.07) is 2.01. The quantitative estimate of drug-likeness (QED) is 0.902. The number of hydrogen-bond donors (Lipinski definition) is 2. The Hall–Kier alpha value is -2.28. The van der Waals surface area contributed by atoms with Crippen molar-refractivity contribution in [2.24, 2.45) is 0 Å². The van der Waals surface area contributed by atoms with Crippen molar-refractivity contribution in [2.45, 2.75) is 45.1 Å². The number of carbonyl (C=O) groups excluding carboxylic acids is 1. The van der Waals surface area contributed by atoms with Crippen LogP contribution in [0.4, 0.5) is 0 Å². The highest BCUT2D eigenvalue weighted by Gasteiger charge is 2.18. The Balaban J connectivity index is 0.000000671. The zero-order valence-electron chi connectivity index (χ0n) is 13.4. The molecule has 1 amide bonds. The molecule has 0 bridgehead atoms. The van der Waals surface area contributed by atoms with E-state index in [2.05, 4.69) is 20.3 Å². The topological polar surface area (TPSA) is 92.9 Å². The van der Waals surface area contributed by atoms with Gasteiger partial charge in [-0.05, 0) is 25.8 Å². The minimum atomic E-state index is -0.195. The highest BCUT2D eigenvalue weighted by atomic mass is 16.2. The van der Waals surface area contributed by atoms with Gasteiger partial charge in [0.25, 0.3) is 5.91 Å². The molecule has 0 atom stereocenters. The fourth-order valence-electron chi connectivity index (χ4n) is 2.49. The number of aliphatic hydroxyl groups is 1. The zero-order chi connectivity index (χ0) is 16.5. The predicted octanol–water partition coefficient (Wildman–Crippen LogP) is 1.97. The first-order valence-corrected chi connectivity index (χ1v) is 7.97. The average molecular weight is 319 g/mol. The Morgan fingerprint density at radius 2 is 2.13 bits per heavy atom. The van der Waals surface area contributed by atoms with E-state index in [-0.39, 0.29) is 25.8 Å². The van der Waals surface area contributed by atoms with Crippen LogP contribution in [0.2, 0.25) is 0 Å². The fraction of sp³-hybridized carbons (Fsp3) is 0.500. The van der Waals surface area contributed by atoms with Crippen LogP contribution in [0.15, 0.2) is 31.0 Å². The summed E-state index contributed by atoms with van der Waals surface area (Å²) >= 11 is 0. The lowest BCUT2D eigenvalue weighted by atomic mass is 9.95. The molecule has 0 saturated heterocycles. The number of nitrogens with one attached hydrogen (secondary N) is 1. The lowest BCUT2D eigenvalue weighted by Gasteiger charge is -2.22. The largest absolute Gasteiger partial charge is 0.397 e. The maximum absolute atomic E-state index is 12.2. The second-order valence-electron chi connectivity index (χ2n) is 5.33. The molecule has 7 heteroatoms. The highest BCUT2D eigenvalue weighted by molar-refractivity contribution is 5.90. The van der Waals surface area contributed by atoms with Gasteiger partial charge in [0.2, 0.25) is 5.82 Å². The summed E-state index contributed by atoms with van der Waals surface area (Å²) in [5.74, 6) is 0.659. The Morgan fingerprint density at radius 1 is 1.39 bits per heavy atom. The number of rotatable bonds is 3. The molecule has 0 unspecified atom stereocenters. The van der Waals surface area contributed by atoms with Gasteiger partial charge < -0.3 is 10.4 Å². The molecule has 2 heterocycles. The van der Waals surface area contributed by atoms with Gasteiger partial charge in [-0.1, -0.05) is 19.3 Å². The van der Waals surface area contributed by atoms with Crippen molar-refractivity contribution in [3.8, 4) is 5.82 Å². The predicted molar refractivity (Wildman–Crippen MR) is 88.4 cm³/mol. The van der Waals surface area contributed by atoms with E-state index in [4.69, 9.17) is 5.11 Å². The van der Waals surface area contributed by atoms with E-state index < -0.39 is 0 Å². The molecule has 2 aromatic heterocycles.